The van der Waals surface area contributed by atoms with Crippen molar-refractivity contribution in [3.05, 3.63) is 30.3 Å². The Morgan fingerprint density at radius 2 is 2.16 bits per heavy atom. The highest BCUT2D eigenvalue weighted by Crippen LogP contribution is 2.08. The molecule has 1 aromatic carbocycles. The van der Waals surface area contributed by atoms with Gasteiger partial charge in [-0.2, -0.15) is 0 Å². The summed E-state index contributed by atoms with van der Waals surface area (Å²) in [4.78, 5) is 12.1. The van der Waals surface area contributed by atoms with Gasteiger partial charge in [0, 0.05) is 30.9 Å². The van der Waals surface area contributed by atoms with E-state index in [4.69, 9.17) is 0 Å². The Hall–Kier alpha value is -1.59. The first-order valence-electron chi connectivity index (χ1n) is 6.74. The summed E-state index contributed by atoms with van der Waals surface area (Å²) in [6.07, 6.45) is 0. The van der Waals surface area contributed by atoms with Gasteiger partial charge >= 0.3 is 0 Å². The second kappa shape index (κ2) is 6.54. The van der Waals surface area contributed by atoms with Gasteiger partial charge in [0.25, 0.3) is 0 Å². The van der Waals surface area contributed by atoms with Crippen molar-refractivity contribution in [2.45, 2.75) is 25.9 Å². The summed E-state index contributed by atoms with van der Waals surface area (Å²) in [5, 5.41) is 6.35. The molecule has 1 aliphatic rings. The van der Waals surface area contributed by atoms with Gasteiger partial charge in [-0.15, -0.1) is 0 Å². The first-order valence-corrected chi connectivity index (χ1v) is 6.74. The largest absolute Gasteiger partial charge is 0.383 e. The lowest BCUT2D eigenvalue weighted by Gasteiger charge is -2.19. The van der Waals surface area contributed by atoms with Crippen molar-refractivity contribution in [1.29, 1.82) is 0 Å². The summed E-state index contributed by atoms with van der Waals surface area (Å²) in [5.41, 5.74) is 7.13. The molecule has 5 nitrogen and oxygen atoms in total. The van der Waals surface area contributed by atoms with E-state index in [1.807, 2.05) is 44.2 Å². The number of nitrogens with one attached hydrogen (secondary N) is 4. The van der Waals surface area contributed by atoms with E-state index < -0.39 is 0 Å². The fraction of sp³-hybridized carbons (Fsp3) is 0.500. The maximum Gasteiger partial charge on any atom is 0.226 e. The number of hydrogen-bond acceptors (Lipinski definition) is 4. The van der Waals surface area contributed by atoms with Crippen molar-refractivity contribution in [3.8, 4) is 0 Å². The van der Waals surface area contributed by atoms with Gasteiger partial charge in [0.05, 0.1) is 5.92 Å². The standard InChI is InChI=1S/C14H22N4O/c1-10(8-15-12-6-4-3-5-7-12)17-14(19)13-9-16-18-11(13)2/h3-7,10-11,13,15-16,18H,8-9H2,1-2H3,(H,17,19). The molecule has 1 aromatic rings. The van der Waals surface area contributed by atoms with E-state index in [2.05, 4.69) is 21.5 Å². The lowest BCUT2D eigenvalue weighted by atomic mass is 10.0. The maximum atomic E-state index is 12.1. The summed E-state index contributed by atoms with van der Waals surface area (Å²) in [7, 11) is 0. The van der Waals surface area contributed by atoms with E-state index in [1.165, 1.54) is 0 Å². The third-order valence-electron chi connectivity index (χ3n) is 3.37. The molecule has 0 bridgehead atoms. The third-order valence-corrected chi connectivity index (χ3v) is 3.37. The molecule has 104 valence electrons. The van der Waals surface area contributed by atoms with Gasteiger partial charge in [-0.05, 0) is 26.0 Å². The minimum absolute atomic E-state index is 0.000764. The van der Waals surface area contributed by atoms with Crippen LogP contribution in [0, 0.1) is 5.92 Å². The second-order valence-electron chi connectivity index (χ2n) is 5.08. The van der Waals surface area contributed by atoms with E-state index in [0.717, 1.165) is 12.2 Å². The summed E-state index contributed by atoms with van der Waals surface area (Å²) in [6.45, 7) is 5.43. The molecular weight excluding hydrogens is 240 g/mol. The second-order valence-corrected chi connectivity index (χ2v) is 5.08. The zero-order valence-corrected chi connectivity index (χ0v) is 11.4. The fourth-order valence-corrected chi connectivity index (χ4v) is 2.15. The molecule has 3 unspecified atom stereocenters. The van der Waals surface area contributed by atoms with Crippen molar-refractivity contribution in [2.24, 2.45) is 5.92 Å². The highest BCUT2D eigenvalue weighted by atomic mass is 16.2. The predicted octanol–water partition coefficient (Wildman–Crippen LogP) is 0.716. The Labute approximate surface area is 114 Å². The molecule has 4 N–H and O–H groups in total. The highest BCUT2D eigenvalue weighted by molar-refractivity contribution is 5.80. The minimum Gasteiger partial charge on any atom is -0.383 e. The molecule has 19 heavy (non-hydrogen) atoms. The summed E-state index contributed by atoms with van der Waals surface area (Å²) >= 11 is 0. The van der Waals surface area contributed by atoms with E-state index in [1.54, 1.807) is 0 Å². The van der Waals surface area contributed by atoms with Gasteiger partial charge in [0.1, 0.15) is 0 Å². The fourth-order valence-electron chi connectivity index (χ4n) is 2.15. The SMILES string of the molecule is CC(CNc1ccccc1)NC(=O)C1CNNC1C. The van der Waals surface area contributed by atoms with Crippen LogP contribution in [0.3, 0.4) is 0 Å². The Bertz CT molecular complexity index is 409. The van der Waals surface area contributed by atoms with E-state index in [0.29, 0.717) is 6.54 Å². The van der Waals surface area contributed by atoms with Crippen LogP contribution < -0.4 is 21.5 Å². The summed E-state index contributed by atoms with van der Waals surface area (Å²) in [5.74, 6) is 0.103. The first kappa shape index (κ1) is 13.8. The van der Waals surface area contributed by atoms with Crippen LogP contribution in [0.2, 0.25) is 0 Å². The maximum absolute atomic E-state index is 12.1. The molecule has 0 aliphatic carbocycles. The number of amides is 1. The Kier molecular flexibility index (Phi) is 4.76. The normalized spacial score (nSPS) is 23.9. The van der Waals surface area contributed by atoms with Crippen LogP contribution in [-0.2, 0) is 4.79 Å². The number of para-hydroxylation sites is 1. The van der Waals surface area contributed by atoms with Crippen LogP contribution >= 0.6 is 0 Å². The number of benzene rings is 1. The summed E-state index contributed by atoms with van der Waals surface area (Å²) in [6, 6.07) is 10.3. The van der Waals surface area contributed by atoms with E-state index in [9.17, 15) is 4.79 Å². The highest BCUT2D eigenvalue weighted by Gasteiger charge is 2.29. The van der Waals surface area contributed by atoms with Crippen molar-refractivity contribution < 1.29 is 4.79 Å². The molecule has 0 spiro atoms. The molecule has 1 aliphatic heterocycles. The van der Waals surface area contributed by atoms with Crippen LogP contribution in [0.1, 0.15) is 13.8 Å². The lowest BCUT2D eigenvalue weighted by Crippen LogP contribution is -2.44. The van der Waals surface area contributed by atoms with E-state index >= 15 is 0 Å². The van der Waals surface area contributed by atoms with Crippen LogP contribution in [-0.4, -0.2) is 31.1 Å². The molecule has 0 aromatic heterocycles. The molecule has 3 atom stereocenters. The zero-order valence-electron chi connectivity index (χ0n) is 11.4. The number of anilines is 1. The minimum atomic E-state index is -0.000764. The smallest absolute Gasteiger partial charge is 0.226 e. The number of rotatable bonds is 5. The predicted molar refractivity (Wildman–Crippen MR) is 76.6 cm³/mol. The molecule has 1 saturated heterocycles. The average Bonchev–Trinajstić information content (AvgIpc) is 2.84. The van der Waals surface area contributed by atoms with Crippen LogP contribution in [0.5, 0.6) is 0 Å². The van der Waals surface area contributed by atoms with Crippen molar-refractivity contribution >= 4 is 11.6 Å². The lowest BCUT2D eigenvalue weighted by molar-refractivity contribution is -0.125. The molecule has 0 radical (unpaired) electrons. The monoisotopic (exact) mass is 262 g/mol. The van der Waals surface area contributed by atoms with E-state index in [-0.39, 0.29) is 23.9 Å². The average molecular weight is 262 g/mol. The van der Waals surface area contributed by atoms with Gasteiger partial charge in [-0.25, -0.2) is 0 Å². The van der Waals surface area contributed by atoms with Gasteiger partial charge in [-0.3, -0.25) is 15.6 Å². The number of carbonyl (C=O) groups excluding carboxylic acids is 1. The van der Waals surface area contributed by atoms with Crippen molar-refractivity contribution in [1.82, 2.24) is 16.2 Å². The van der Waals surface area contributed by atoms with Gasteiger partial charge in [0.15, 0.2) is 0 Å². The summed E-state index contributed by atoms with van der Waals surface area (Å²) < 4.78 is 0. The van der Waals surface area contributed by atoms with Crippen molar-refractivity contribution in [2.75, 3.05) is 18.4 Å². The molecule has 1 heterocycles. The molecule has 5 heteroatoms. The zero-order chi connectivity index (χ0) is 13.7. The third kappa shape index (κ3) is 3.94. The quantitative estimate of drug-likeness (QED) is 0.631. The Morgan fingerprint density at radius 3 is 2.79 bits per heavy atom. The van der Waals surface area contributed by atoms with Gasteiger partial charge in [-0.1, -0.05) is 18.2 Å². The van der Waals surface area contributed by atoms with Crippen LogP contribution in [0.15, 0.2) is 30.3 Å². The van der Waals surface area contributed by atoms with Crippen molar-refractivity contribution in [3.63, 3.8) is 0 Å². The van der Waals surface area contributed by atoms with Crippen LogP contribution in [0.25, 0.3) is 0 Å². The Balaban J connectivity index is 1.75. The number of hydrogen-bond donors (Lipinski definition) is 4. The molecule has 1 fully saturated rings. The molecule has 2 rings (SSSR count). The molecular formula is C14H22N4O. The first-order chi connectivity index (χ1) is 9.16. The Morgan fingerprint density at radius 1 is 1.42 bits per heavy atom. The topological polar surface area (TPSA) is 65.2 Å². The molecule has 0 saturated carbocycles. The number of hydrazine groups is 1. The van der Waals surface area contributed by atoms with Gasteiger partial charge in [0.2, 0.25) is 5.91 Å². The van der Waals surface area contributed by atoms with Gasteiger partial charge < -0.3 is 10.6 Å². The molecule has 1 amide bonds. The number of carbonyl (C=O) groups is 1. The van der Waals surface area contributed by atoms with Crippen LogP contribution in [0.4, 0.5) is 5.69 Å².